The Morgan fingerprint density at radius 1 is 1.32 bits per heavy atom. The summed E-state index contributed by atoms with van der Waals surface area (Å²) in [5.74, 6) is 0.283. The van der Waals surface area contributed by atoms with Crippen molar-refractivity contribution < 1.29 is 9.21 Å². The Balaban J connectivity index is 1.98. The number of nitrogens with two attached hydrogens (primary N) is 1. The smallest absolute Gasteiger partial charge is 0.273 e. The lowest BCUT2D eigenvalue weighted by molar-refractivity contribution is 0.0941. The van der Waals surface area contributed by atoms with Crippen LogP contribution in [0.3, 0.4) is 0 Å². The van der Waals surface area contributed by atoms with Crippen molar-refractivity contribution in [2.24, 2.45) is 0 Å². The Labute approximate surface area is 111 Å². The molecule has 1 aromatic heterocycles. The van der Waals surface area contributed by atoms with Crippen molar-refractivity contribution in [1.29, 1.82) is 0 Å². The van der Waals surface area contributed by atoms with Gasteiger partial charge in [0.05, 0.1) is 17.5 Å². The molecule has 2 rings (SSSR count). The lowest BCUT2D eigenvalue weighted by atomic mass is 10.1. The van der Waals surface area contributed by atoms with E-state index < -0.39 is 0 Å². The highest BCUT2D eigenvalue weighted by Crippen LogP contribution is 2.13. The maximum Gasteiger partial charge on any atom is 0.273 e. The van der Waals surface area contributed by atoms with Crippen molar-refractivity contribution in [1.82, 2.24) is 10.9 Å². The molecule has 4 N–H and O–H groups in total. The Morgan fingerprint density at radius 2 is 2.11 bits per heavy atom. The number of aryl methyl sites for hydroxylation is 1. The van der Waals surface area contributed by atoms with Gasteiger partial charge in [0.25, 0.3) is 5.91 Å². The first-order chi connectivity index (χ1) is 9.08. The first-order valence-corrected chi connectivity index (χ1v) is 5.73. The van der Waals surface area contributed by atoms with E-state index in [4.69, 9.17) is 10.2 Å². The summed E-state index contributed by atoms with van der Waals surface area (Å²) in [6, 6.07) is 8.82. The fourth-order valence-electron chi connectivity index (χ4n) is 1.62. The fourth-order valence-corrected chi connectivity index (χ4v) is 1.62. The van der Waals surface area contributed by atoms with Gasteiger partial charge in [-0.2, -0.15) is 0 Å². The number of amides is 1. The second-order valence-corrected chi connectivity index (χ2v) is 4.07. The monoisotopic (exact) mass is 257 g/mol. The van der Waals surface area contributed by atoms with E-state index in [9.17, 15) is 4.79 Å². The van der Waals surface area contributed by atoms with Crippen LogP contribution in [-0.4, -0.2) is 5.91 Å². The number of benzene rings is 1. The van der Waals surface area contributed by atoms with Gasteiger partial charge in [0.15, 0.2) is 0 Å². The van der Waals surface area contributed by atoms with Crippen molar-refractivity contribution >= 4 is 17.3 Å². The second-order valence-electron chi connectivity index (χ2n) is 4.07. The van der Waals surface area contributed by atoms with E-state index in [1.807, 2.05) is 12.1 Å². The van der Waals surface area contributed by atoms with Crippen LogP contribution in [0.25, 0.3) is 5.70 Å². The average Bonchev–Trinajstić information content (AvgIpc) is 2.82. The zero-order valence-corrected chi connectivity index (χ0v) is 10.6. The summed E-state index contributed by atoms with van der Waals surface area (Å²) in [6.45, 7) is 5.56. The lowest BCUT2D eigenvalue weighted by Crippen LogP contribution is -2.35. The van der Waals surface area contributed by atoms with Crippen molar-refractivity contribution in [2.75, 3.05) is 5.73 Å². The number of anilines is 1. The quantitative estimate of drug-likeness (QED) is 0.578. The zero-order chi connectivity index (χ0) is 13.8. The molecule has 0 fully saturated rings. The van der Waals surface area contributed by atoms with Gasteiger partial charge in [0.1, 0.15) is 5.76 Å². The standard InChI is InChI=1S/C14H15N3O2/c1-9(11-4-3-5-12(15)8-11)16-17-14(18)13-6-7-19-10(13)2/h3-8,16H,1,15H2,2H3,(H,17,18). The normalized spacial score (nSPS) is 9.95. The van der Waals surface area contributed by atoms with Crippen LogP contribution >= 0.6 is 0 Å². The van der Waals surface area contributed by atoms with Gasteiger partial charge < -0.3 is 10.2 Å². The molecule has 19 heavy (non-hydrogen) atoms. The summed E-state index contributed by atoms with van der Waals surface area (Å²) in [6.07, 6.45) is 1.47. The van der Waals surface area contributed by atoms with Crippen LogP contribution < -0.4 is 16.6 Å². The first-order valence-electron chi connectivity index (χ1n) is 5.73. The predicted molar refractivity (Wildman–Crippen MR) is 73.9 cm³/mol. The molecule has 1 heterocycles. The highest BCUT2D eigenvalue weighted by molar-refractivity contribution is 5.95. The van der Waals surface area contributed by atoms with Crippen LogP contribution in [-0.2, 0) is 0 Å². The minimum Gasteiger partial charge on any atom is -0.469 e. The van der Waals surface area contributed by atoms with Crippen LogP contribution in [0, 0.1) is 6.92 Å². The van der Waals surface area contributed by atoms with Gasteiger partial charge in [-0.05, 0) is 25.1 Å². The molecule has 0 spiro atoms. The maximum absolute atomic E-state index is 11.8. The van der Waals surface area contributed by atoms with E-state index in [1.54, 1.807) is 25.1 Å². The molecular formula is C14H15N3O2. The Morgan fingerprint density at radius 3 is 2.74 bits per heavy atom. The van der Waals surface area contributed by atoms with Crippen LogP contribution in [0.2, 0.25) is 0 Å². The van der Waals surface area contributed by atoms with E-state index in [-0.39, 0.29) is 5.91 Å². The van der Waals surface area contributed by atoms with Crippen molar-refractivity contribution in [3.63, 3.8) is 0 Å². The minimum atomic E-state index is -0.281. The minimum absolute atomic E-state index is 0.281. The molecule has 0 saturated carbocycles. The van der Waals surface area contributed by atoms with Gasteiger partial charge in [-0.3, -0.25) is 15.6 Å². The topological polar surface area (TPSA) is 80.3 Å². The molecule has 0 saturated heterocycles. The SMILES string of the molecule is C=C(NNC(=O)c1ccoc1C)c1cccc(N)c1. The van der Waals surface area contributed by atoms with Crippen molar-refractivity contribution in [3.05, 3.63) is 60.1 Å². The molecule has 5 heteroatoms. The number of hydrazine groups is 1. The Kier molecular flexibility index (Phi) is 3.56. The molecule has 5 nitrogen and oxygen atoms in total. The van der Waals surface area contributed by atoms with Crippen LogP contribution in [0.4, 0.5) is 5.69 Å². The summed E-state index contributed by atoms with van der Waals surface area (Å²) in [5.41, 5.74) is 13.5. The largest absolute Gasteiger partial charge is 0.469 e. The van der Waals surface area contributed by atoms with Gasteiger partial charge >= 0.3 is 0 Å². The molecule has 2 aromatic rings. The average molecular weight is 257 g/mol. The maximum atomic E-state index is 11.8. The Hall–Kier alpha value is -2.69. The molecular weight excluding hydrogens is 242 g/mol. The molecule has 0 aliphatic rings. The van der Waals surface area contributed by atoms with Crippen LogP contribution in [0.15, 0.2) is 47.6 Å². The number of rotatable bonds is 4. The van der Waals surface area contributed by atoms with Gasteiger partial charge in [0.2, 0.25) is 0 Å². The number of nitrogens with one attached hydrogen (secondary N) is 2. The highest BCUT2D eigenvalue weighted by Gasteiger charge is 2.11. The van der Waals surface area contributed by atoms with Crippen molar-refractivity contribution in [3.8, 4) is 0 Å². The van der Waals surface area contributed by atoms with E-state index in [1.165, 1.54) is 6.26 Å². The van der Waals surface area contributed by atoms with Gasteiger partial charge in [0, 0.05) is 11.3 Å². The third-order valence-corrected chi connectivity index (χ3v) is 2.67. The van der Waals surface area contributed by atoms with Gasteiger partial charge in [-0.1, -0.05) is 18.7 Å². The van der Waals surface area contributed by atoms with E-state index in [0.29, 0.717) is 22.7 Å². The summed E-state index contributed by atoms with van der Waals surface area (Å²) < 4.78 is 5.07. The van der Waals surface area contributed by atoms with Crippen molar-refractivity contribution in [2.45, 2.75) is 6.92 Å². The number of hydrogen-bond acceptors (Lipinski definition) is 4. The fraction of sp³-hybridized carbons (Fsp3) is 0.0714. The highest BCUT2D eigenvalue weighted by atomic mass is 16.3. The molecule has 0 atom stereocenters. The van der Waals surface area contributed by atoms with Gasteiger partial charge in [-0.15, -0.1) is 0 Å². The lowest BCUT2D eigenvalue weighted by Gasteiger charge is -2.11. The van der Waals surface area contributed by atoms with Gasteiger partial charge in [-0.25, -0.2) is 0 Å². The number of carbonyl (C=O) groups is 1. The molecule has 0 unspecified atom stereocenters. The second kappa shape index (κ2) is 5.30. The Bertz CT molecular complexity index is 617. The molecule has 0 aliphatic heterocycles. The molecule has 0 bridgehead atoms. The summed E-state index contributed by atoms with van der Waals surface area (Å²) >= 11 is 0. The van der Waals surface area contributed by atoms with E-state index in [2.05, 4.69) is 17.4 Å². The molecule has 0 radical (unpaired) electrons. The first kappa shape index (κ1) is 12.8. The third-order valence-electron chi connectivity index (χ3n) is 2.67. The predicted octanol–water partition coefficient (Wildman–Crippen LogP) is 2.08. The molecule has 1 aromatic carbocycles. The van der Waals surface area contributed by atoms with E-state index in [0.717, 1.165) is 5.56 Å². The molecule has 98 valence electrons. The van der Waals surface area contributed by atoms with E-state index >= 15 is 0 Å². The number of furan rings is 1. The summed E-state index contributed by atoms with van der Waals surface area (Å²) in [4.78, 5) is 11.8. The summed E-state index contributed by atoms with van der Waals surface area (Å²) in [5, 5.41) is 0. The van der Waals surface area contributed by atoms with Crippen LogP contribution in [0.5, 0.6) is 0 Å². The third kappa shape index (κ3) is 2.95. The van der Waals surface area contributed by atoms with Crippen LogP contribution in [0.1, 0.15) is 21.7 Å². The number of carbonyl (C=O) groups excluding carboxylic acids is 1. The zero-order valence-electron chi connectivity index (χ0n) is 10.6. The molecule has 1 amide bonds. The number of hydrogen-bond donors (Lipinski definition) is 3. The number of nitrogen functional groups attached to an aromatic ring is 1. The summed E-state index contributed by atoms with van der Waals surface area (Å²) in [7, 11) is 0. The molecule has 0 aliphatic carbocycles.